The maximum Gasteiger partial charge on any atom is 0.322 e. The summed E-state index contributed by atoms with van der Waals surface area (Å²) in [5, 5.41) is 8.32. The van der Waals surface area contributed by atoms with Gasteiger partial charge in [-0.25, -0.2) is 4.79 Å². The van der Waals surface area contributed by atoms with Crippen LogP contribution in [-0.2, 0) is 9.59 Å². The van der Waals surface area contributed by atoms with Crippen LogP contribution >= 0.6 is 0 Å². The van der Waals surface area contributed by atoms with Crippen LogP contribution in [-0.4, -0.2) is 44.1 Å². The van der Waals surface area contributed by atoms with Crippen molar-refractivity contribution in [2.24, 2.45) is 0 Å². The summed E-state index contributed by atoms with van der Waals surface area (Å²) in [6, 6.07) is 12.0. The first-order valence-corrected chi connectivity index (χ1v) is 9.74. The Kier molecular flexibility index (Phi) is 5.69. The summed E-state index contributed by atoms with van der Waals surface area (Å²) >= 11 is 0. The number of amides is 4. The Morgan fingerprint density at radius 2 is 1.87 bits per heavy atom. The summed E-state index contributed by atoms with van der Waals surface area (Å²) in [5.41, 5.74) is 1.87. The minimum absolute atomic E-state index is 0.0482. The third-order valence-corrected chi connectivity index (χ3v) is 4.70. The molecule has 9 heteroatoms. The number of urea groups is 1. The monoisotopic (exact) mass is 410 g/mol. The van der Waals surface area contributed by atoms with Crippen molar-refractivity contribution in [1.82, 2.24) is 5.32 Å². The molecule has 3 N–H and O–H groups in total. The average molecular weight is 410 g/mol. The van der Waals surface area contributed by atoms with Crippen molar-refractivity contribution in [3.63, 3.8) is 0 Å². The Morgan fingerprint density at radius 3 is 2.73 bits per heavy atom. The van der Waals surface area contributed by atoms with Gasteiger partial charge in [-0.05, 0) is 30.7 Å². The number of fused-ring (bicyclic) bond motifs is 2. The van der Waals surface area contributed by atoms with Crippen LogP contribution in [0.4, 0.5) is 21.9 Å². The molecule has 0 bridgehead atoms. The predicted octanol–water partition coefficient (Wildman–Crippen LogP) is 2.34. The molecule has 2 heterocycles. The van der Waals surface area contributed by atoms with E-state index in [1.807, 2.05) is 0 Å². The van der Waals surface area contributed by atoms with Gasteiger partial charge in [0, 0.05) is 24.7 Å². The van der Waals surface area contributed by atoms with Gasteiger partial charge in [-0.1, -0.05) is 12.1 Å². The average Bonchev–Trinajstić information content (AvgIpc) is 2.76. The van der Waals surface area contributed by atoms with Crippen LogP contribution in [0.3, 0.4) is 0 Å². The lowest BCUT2D eigenvalue weighted by molar-refractivity contribution is -0.116. The molecule has 0 aliphatic carbocycles. The van der Waals surface area contributed by atoms with Crippen molar-refractivity contribution < 1.29 is 23.9 Å². The van der Waals surface area contributed by atoms with E-state index in [4.69, 9.17) is 9.47 Å². The highest BCUT2D eigenvalue weighted by Crippen LogP contribution is 2.32. The van der Waals surface area contributed by atoms with E-state index in [1.54, 1.807) is 42.5 Å². The molecule has 30 heavy (non-hydrogen) atoms. The molecular formula is C21H22N4O5. The Labute approximate surface area is 173 Å². The standard InChI is InChI=1S/C21H22N4O5/c26-19(23-14-7-8-17-18(12-14)30-11-10-29-17)6-3-9-22-21(28)25-13-20(27)24-15-4-1-2-5-16(15)25/h1-2,4-5,7-8,12H,3,6,9-11,13H2,(H,22,28)(H,23,26)(H,24,27). The molecule has 0 aromatic heterocycles. The van der Waals surface area contributed by atoms with E-state index in [2.05, 4.69) is 16.0 Å². The lowest BCUT2D eigenvalue weighted by Crippen LogP contribution is -2.47. The molecule has 9 nitrogen and oxygen atoms in total. The number of carbonyl (C=O) groups is 3. The summed E-state index contributed by atoms with van der Waals surface area (Å²) in [6.07, 6.45) is 0.704. The van der Waals surface area contributed by atoms with E-state index in [9.17, 15) is 14.4 Å². The fourth-order valence-electron chi connectivity index (χ4n) is 3.30. The highest BCUT2D eigenvalue weighted by Gasteiger charge is 2.26. The molecule has 2 aromatic rings. The minimum atomic E-state index is -0.371. The number of nitrogens with one attached hydrogen (secondary N) is 3. The second kappa shape index (κ2) is 8.73. The van der Waals surface area contributed by atoms with Gasteiger partial charge in [-0.15, -0.1) is 0 Å². The molecule has 4 amide bonds. The lowest BCUT2D eigenvalue weighted by atomic mass is 10.2. The molecule has 0 unspecified atom stereocenters. The second-order valence-electron chi connectivity index (χ2n) is 6.89. The number of hydrogen-bond donors (Lipinski definition) is 3. The lowest BCUT2D eigenvalue weighted by Gasteiger charge is -2.29. The van der Waals surface area contributed by atoms with Crippen LogP contribution in [0.5, 0.6) is 11.5 Å². The number of para-hydroxylation sites is 2. The molecule has 0 atom stereocenters. The van der Waals surface area contributed by atoms with Crippen LogP contribution in [0.1, 0.15) is 12.8 Å². The summed E-state index contributed by atoms with van der Waals surface area (Å²) in [4.78, 5) is 37.9. The van der Waals surface area contributed by atoms with Gasteiger partial charge in [-0.3, -0.25) is 14.5 Å². The third-order valence-electron chi connectivity index (χ3n) is 4.70. The van der Waals surface area contributed by atoms with E-state index >= 15 is 0 Å². The van der Waals surface area contributed by atoms with Gasteiger partial charge in [-0.2, -0.15) is 0 Å². The highest BCUT2D eigenvalue weighted by molar-refractivity contribution is 6.09. The zero-order chi connectivity index (χ0) is 20.9. The van der Waals surface area contributed by atoms with Crippen LogP contribution in [0.15, 0.2) is 42.5 Å². The first-order chi connectivity index (χ1) is 14.6. The van der Waals surface area contributed by atoms with E-state index in [0.717, 1.165) is 0 Å². The van der Waals surface area contributed by atoms with Crippen LogP contribution < -0.4 is 30.3 Å². The number of ether oxygens (including phenoxy) is 2. The van der Waals surface area contributed by atoms with Gasteiger partial charge in [0.1, 0.15) is 19.8 Å². The van der Waals surface area contributed by atoms with Crippen molar-refractivity contribution in [3.8, 4) is 11.5 Å². The Morgan fingerprint density at radius 1 is 1.07 bits per heavy atom. The molecule has 0 saturated heterocycles. The number of rotatable bonds is 5. The molecular weight excluding hydrogens is 388 g/mol. The van der Waals surface area contributed by atoms with Gasteiger partial charge >= 0.3 is 6.03 Å². The van der Waals surface area contributed by atoms with Gasteiger partial charge in [0.15, 0.2) is 11.5 Å². The summed E-state index contributed by atoms with van der Waals surface area (Å²) in [7, 11) is 0. The fraction of sp³-hybridized carbons (Fsp3) is 0.286. The SMILES string of the molecule is O=C(CCCNC(=O)N1CC(=O)Nc2ccccc21)Nc1ccc2c(c1)OCCO2. The Bertz CT molecular complexity index is 978. The van der Waals surface area contributed by atoms with Crippen molar-refractivity contribution in [1.29, 1.82) is 0 Å². The van der Waals surface area contributed by atoms with Crippen molar-refractivity contribution in [2.75, 3.05) is 41.8 Å². The molecule has 2 aliphatic heterocycles. The number of benzene rings is 2. The van der Waals surface area contributed by atoms with E-state index in [-0.39, 0.29) is 30.8 Å². The van der Waals surface area contributed by atoms with Crippen molar-refractivity contribution >= 4 is 34.9 Å². The smallest absolute Gasteiger partial charge is 0.322 e. The highest BCUT2D eigenvalue weighted by atomic mass is 16.6. The number of anilines is 3. The molecule has 156 valence electrons. The zero-order valence-electron chi connectivity index (χ0n) is 16.3. The van der Waals surface area contributed by atoms with Gasteiger partial charge < -0.3 is 25.4 Å². The molecule has 4 rings (SSSR count). The van der Waals surface area contributed by atoms with Crippen molar-refractivity contribution in [3.05, 3.63) is 42.5 Å². The fourth-order valence-corrected chi connectivity index (χ4v) is 3.30. The summed E-state index contributed by atoms with van der Waals surface area (Å²) < 4.78 is 11.0. The summed E-state index contributed by atoms with van der Waals surface area (Å²) in [6.45, 7) is 1.26. The third kappa shape index (κ3) is 4.45. The Hall–Kier alpha value is -3.75. The summed E-state index contributed by atoms with van der Waals surface area (Å²) in [5.74, 6) is 0.860. The molecule has 0 radical (unpaired) electrons. The topological polar surface area (TPSA) is 109 Å². The number of hydrogen-bond acceptors (Lipinski definition) is 5. The van der Waals surface area contributed by atoms with Crippen LogP contribution in [0, 0.1) is 0 Å². The maximum absolute atomic E-state index is 12.5. The normalized spacial score (nSPS) is 14.4. The minimum Gasteiger partial charge on any atom is -0.486 e. The maximum atomic E-state index is 12.5. The van der Waals surface area contributed by atoms with Gasteiger partial charge in [0.05, 0.1) is 11.4 Å². The van der Waals surface area contributed by atoms with Crippen LogP contribution in [0.25, 0.3) is 0 Å². The Balaban J connectivity index is 1.24. The molecule has 2 aromatic carbocycles. The number of nitrogens with zero attached hydrogens (tertiary/aromatic N) is 1. The molecule has 0 fully saturated rings. The first kappa shape index (κ1) is 19.6. The quantitative estimate of drug-likeness (QED) is 0.656. The molecule has 0 saturated carbocycles. The van der Waals surface area contributed by atoms with Crippen LogP contribution in [0.2, 0.25) is 0 Å². The molecule has 0 spiro atoms. The molecule has 2 aliphatic rings. The van der Waals surface area contributed by atoms with E-state index in [1.165, 1.54) is 4.90 Å². The zero-order valence-corrected chi connectivity index (χ0v) is 16.3. The van der Waals surface area contributed by atoms with E-state index in [0.29, 0.717) is 54.7 Å². The van der Waals surface area contributed by atoms with E-state index < -0.39 is 0 Å². The number of carbonyl (C=O) groups excluding carboxylic acids is 3. The largest absolute Gasteiger partial charge is 0.486 e. The van der Waals surface area contributed by atoms with Gasteiger partial charge in [0.2, 0.25) is 11.8 Å². The van der Waals surface area contributed by atoms with Crippen molar-refractivity contribution in [2.45, 2.75) is 12.8 Å². The first-order valence-electron chi connectivity index (χ1n) is 9.74. The van der Waals surface area contributed by atoms with Gasteiger partial charge in [0.25, 0.3) is 0 Å². The second-order valence-corrected chi connectivity index (χ2v) is 6.89. The predicted molar refractivity (Wildman–Crippen MR) is 111 cm³/mol.